The average Bonchev–Trinajstić information content (AvgIpc) is 2.68. The monoisotopic (exact) mass is 416 g/mol. The third-order valence-corrected chi connectivity index (χ3v) is 6.19. The maximum atomic E-state index is 12.9. The van der Waals surface area contributed by atoms with Crippen LogP contribution >= 0.6 is 11.8 Å². The van der Waals surface area contributed by atoms with E-state index in [-0.39, 0.29) is 17.6 Å². The molecule has 2 aromatic rings. The number of rotatable bonds is 5. The van der Waals surface area contributed by atoms with E-state index in [1.165, 1.54) is 18.2 Å². The Kier molecular flexibility index (Phi) is 6.95. The van der Waals surface area contributed by atoms with Crippen molar-refractivity contribution >= 4 is 34.6 Å². The minimum Gasteiger partial charge on any atom is -0.335 e. The maximum absolute atomic E-state index is 12.9. The van der Waals surface area contributed by atoms with Crippen LogP contribution in [0.2, 0.25) is 0 Å². The van der Waals surface area contributed by atoms with Crippen LogP contribution in [0.15, 0.2) is 34.2 Å². The molecule has 156 valence electrons. The molecule has 1 fully saturated rings. The second-order valence-electron chi connectivity index (χ2n) is 7.74. The summed E-state index contributed by atoms with van der Waals surface area (Å²) in [6.07, 6.45) is 5.31. The van der Waals surface area contributed by atoms with Gasteiger partial charge in [0.15, 0.2) is 5.16 Å². The molecule has 1 aliphatic carbocycles. The Labute approximate surface area is 174 Å². The zero-order valence-electron chi connectivity index (χ0n) is 17.1. The smallest absolute Gasteiger partial charge is 0.321 e. The maximum Gasteiger partial charge on any atom is 0.321 e. The van der Waals surface area contributed by atoms with E-state index in [0.29, 0.717) is 16.1 Å². The molecule has 3 rings (SSSR count). The van der Waals surface area contributed by atoms with Crippen molar-refractivity contribution in [1.29, 1.82) is 0 Å². The summed E-state index contributed by atoms with van der Waals surface area (Å²) >= 11 is 1.18. The number of fused-ring (bicyclic) bond motifs is 1. The first-order valence-corrected chi connectivity index (χ1v) is 11.0. The van der Waals surface area contributed by atoms with Crippen molar-refractivity contribution in [3.05, 3.63) is 34.6 Å². The van der Waals surface area contributed by atoms with Gasteiger partial charge in [-0.15, -0.1) is 0 Å². The van der Waals surface area contributed by atoms with Crippen LogP contribution in [-0.2, 0) is 4.79 Å². The molecule has 0 unspecified atom stereocenters. The molecule has 1 heterocycles. The predicted octanol–water partition coefficient (Wildman–Crippen LogP) is 3.62. The molecule has 0 radical (unpaired) electrons. The lowest BCUT2D eigenvalue weighted by Crippen LogP contribution is -2.47. The van der Waals surface area contributed by atoms with Crippen LogP contribution in [0.1, 0.15) is 58.9 Å². The standard InChI is InChI=1S/C21H28N4O3S/c1-13(2)25-19(27)16-11-7-8-12-17(16)23-21(25)29-14(3)18(26)24-20(28)22-15-9-5-4-6-10-15/h7-8,11-15H,4-6,9-10H2,1-3H3,(H2,22,24,26,28)/t14-/m0/s1. The zero-order valence-corrected chi connectivity index (χ0v) is 17.9. The van der Waals surface area contributed by atoms with Crippen molar-refractivity contribution in [2.24, 2.45) is 0 Å². The normalized spacial score (nSPS) is 16.0. The molecule has 0 bridgehead atoms. The molecular formula is C21H28N4O3S. The van der Waals surface area contributed by atoms with E-state index < -0.39 is 17.2 Å². The number of hydrogen-bond acceptors (Lipinski definition) is 5. The highest BCUT2D eigenvalue weighted by atomic mass is 32.2. The van der Waals surface area contributed by atoms with Gasteiger partial charge in [0, 0.05) is 12.1 Å². The number of urea groups is 1. The SMILES string of the molecule is CC(C)n1c(S[C@@H](C)C(=O)NC(=O)NC2CCCCC2)nc2ccccc2c1=O. The van der Waals surface area contributed by atoms with E-state index in [9.17, 15) is 14.4 Å². The molecule has 0 spiro atoms. The summed E-state index contributed by atoms with van der Waals surface area (Å²) in [5, 5.41) is 5.75. The molecule has 3 amide bonds. The van der Waals surface area contributed by atoms with Crippen molar-refractivity contribution in [3.8, 4) is 0 Å². The van der Waals surface area contributed by atoms with Crippen LogP contribution in [0, 0.1) is 0 Å². The van der Waals surface area contributed by atoms with Gasteiger partial charge >= 0.3 is 6.03 Å². The van der Waals surface area contributed by atoms with Crippen molar-refractivity contribution in [1.82, 2.24) is 20.2 Å². The zero-order chi connectivity index (χ0) is 21.0. The number of benzene rings is 1. The van der Waals surface area contributed by atoms with Gasteiger partial charge in [-0.3, -0.25) is 19.5 Å². The third kappa shape index (κ3) is 5.18. The number of nitrogens with one attached hydrogen (secondary N) is 2. The van der Waals surface area contributed by atoms with Gasteiger partial charge < -0.3 is 5.32 Å². The summed E-state index contributed by atoms with van der Waals surface area (Å²) in [6.45, 7) is 5.52. The number of hydrogen-bond donors (Lipinski definition) is 2. The molecule has 1 aromatic heterocycles. The van der Waals surface area contributed by atoms with E-state index in [2.05, 4.69) is 15.6 Å². The van der Waals surface area contributed by atoms with Crippen molar-refractivity contribution in [2.45, 2.75) is 75.4 Å². The highest BCUT2D eigenvalue weighted by Gasteiger charge is 2.23. The first-order chi connectivity index (χ1) is 13.9. The van der Waals surface area contributed by atoms with Crippen LogP contribution < -0.4 is 16.2 Å². The fourth-order valence-electron chi connectivity index (χ4n) is 3.56. The van der Waals surface area contributed by atoms with Gasteiger partial charge in [0.25, 0.3) is 5.56 Å². The molecule has 0 saturated heterocycles. The number of amides is 3. The number of nitrogens with zero attached hydrogens (tertiary/aromatic N) is 2. The Morgan fingerprint density at radius 3 is 2.52 bits per heavy atom. The molecule has 1 atom stereocenters. The van der Waals surface area contributed by atoms with E-state index >= 15 is 0 Å². The first-order valence-electron chi connectivity index (χ1n) is 10.2. The molecule has 29 heavy (non-hydrogen) atoms. The molecule has 7 nitrogen and oxygen atoms in total. The molecule has 1 saturated carbocycles. The highest BCUT2D eigenvalue weighted by Crippen LogP contribution is 2.25. The lowest BCUT2D eigenvalue weighted by Gasteiger charge is -2.23. The third-order valence-electron chi connectivity index (χ3n) is 5.12. The van der Waals surface area contributed by atoms with E-state index in [1.54, 1.807) is 23.6 Å². The van der Waals surface area contributed by atoms with Gasteiger partial charge in [0.05, 0.1) is 16.2 Å². The minimum absolute atomic E-state index is 0.105. The van der Waals surface area contributed by atoms with Crippen molar-refractivity contribution in [2.75, 3.05) is 0 Å². The largest absolute Gasteiger partial charge is 0.335 e. The van der Waals surface area contributed by atoms with Crippen LogP contribution in [0.5, 0.6) is 0 Å². The molecule has 1 aliphatic rings. The number of carbonyl (C=O) groups is 2. The summed E-state index contributed by atoms with van der Waals surface area (Å²) in [4.78, 5) is 42.2. The van der Waals surface area contributed by atoms with Gasteiger partial charge in [-0.25, -0.2) is 9.78 Å². The second-order valence-corrected chi connectivity index (χ2v) is 9.05. The fourth-order valence-corrected chi connectivity index (χ4v) is 4.60. The highest BCUT2D eigenvalue weighted by molar-refractivity contribution is 8.00. The molecular weight excluding hydrogens is 388 g/mol. The van der Waals surface area contributed by atoms with Crippen LogP contribution in [0.4, 0.5) is 4.79 Å². The fraction of sp³-hybridized carbons (Fsp3) is 0.524. The molecule has 0 aliphatic heterocycles. The van der Waals surface area contributed by atoms with Crippen molar-refractivity contribution in [3.63, 3.8) is 0 Å². The molecule has 1 aromatic carbocycles. The summed E-state index contributed by atoms with van der Waals surface area (Å²) in [6, 6.07) is 6.75. The Morgan fingerprint density at radius 1 is 1.14 bits per heavy atom. The van der Waals surface area contributed by atoms with Gasteiger partial charge in [-0.1, -0.05) is 43.2 Å². The molecule has 2 N–H and O–H groups in total. The van der Waals surface area contributed by atoms with E-state index in [1.807, 2.05) is 26.0 Å². The van der Waals surface area contributed by atoms with Crippen LogP contribution in [0.25, 0.3) is 10.9 Å². The Balaban J connectivity index is 1.72. The number of aromatic nitrogens is 2. The van der Waals surface area contributed by atoms with Crippen LogP contribution in [-0.4, -0.2) is 32.8 Å². The van der Waals surface area contributed by atoms with E-state index in [0.717, 1.165) is 25.7 Å². The average molecular weight is 417 g/mol. The Bertz CT molecular complexity index is 951. The number of carbonyl (C=O) groups excluding carboxylic acids is 2. The summed E-state index contributed by atoms with van der Waals surface area (Å²) in [5.41, 5.74) is 0.468. The number of para-hydroxylation sites is 1. The number of imide groups is 1. The number of thioether (sulfide) groups is 1. The topological polar surface area (TPSA) is 93.1 Å². The Hall–Kier alpha value is -2.35. The van der Waals surface area contributed by atoms with E-state index in [4.69, 9.17) is 0 Å². The van der Waals surface area contributed by atoms with Gasteiger partial charge in [-0.2, -0.15) is 0 Å². The van der Waals surface area contributed by atoms with Gasteiger partial charge in [0.2, 0.25) is 5.91 Å². The van der Waals surface area contributed by atoms with Crippen molar-refractivity contribution < 1.29 is 9.59 Å². The summed E-state index contributed by atoms with van der Waals surface area (Å²) in [7, 11) is 0. The van der Waals surface area contributed by atoms with Crippen LogP contribution in [0.3, 0.4) is 0 Å². The minimum atomic E-state index is -0.579. The lowest BCUT2D eigenvalue weighted by molar-refractivity contribution is -0.119. The molecule has 8 heteroatoms. The lowest BCUT2D eigenvalue weighted by atomic mass is 9.96. The summed E-state index contributed by atoms with van der Waals surface area (Å²) < 4.78 is 1.60. The quantitative estimate of drug-likeness (QED) is 0.574. The summed E-state index contributed by atoms with van der Waals surface area (Å²) in [5.74, 6) is -0.402. The Morgan fingerprint density at radius 2 is 1.83 bits per heavy atom. The van der Waals surface area contributed by atoms with Gasteiger partial charge in [-0.05, 0) is 45.7 Å². The first kappa shape index (κ1) is 21.4. The predicted molar refractivity (Wildman–Crippen MR) is 115 cm³/mol. The van der Waals surface area contributed by atoms with Gasteiger partial charge in [0.1, 0.15) is 0 Å². The second kappa shape index (κ2) is 9.43.